The van der Waals surface area contributed by atoms with Gasteiger partial charge in [-0.25, -0.2) is 9.97 Å². The standard InChI is InChI=1S/C27H30N4O4S.ClH/c1-5-19-7-9-21-24(17-19)36-27(29-21)31(13-6-12-30-14-11-28-18-30)25(32)10-8-20-15-22(33-2)26(35-4)23(16-20)34-3;/h7-11,14-18H,5-6,12-13H2,1-4H3;1H/b10-8+;. The van der Waals surface area contributed by atoms with Crippen LogP contribution in [0.2, 0.25) is 0 Å². The molecule has 0 bridgehead atoms. The Bertz CT molecular complexity index is 1330. The molecule has 0 aliphatic rings. The Balaban J connectivity index is 0.00000380. The van der Waals surface area contributed by atoms with Crippen molar-refractivity contribution in [1.29, 1.82) is 0 Å². The summed E-state index contributed by atoms with van der Waals surface area (Å²) in [7, 11) is 4.69. The smallest absolute Gasteiger partial charge is 0.252 e. The fraction of sp³-hybridized carbons (Fsp3) is 0.296. The lowest BCUT2D eigenvalue weighted by molar-refractivity contribution is -0.114. The first-order valence-electron chi connectivity index (χ1n) is 11.7. The Hall–Kier alpha value is -3.56. The molecule has 8 nitrogen and oxygen atoms in total. The number of ether oxygens (including phenoxy) is 3. The number of hydrogen-bond donors (Lipinski definition) is 0. The van der Waals surface area contributed by atoms with Gasteiger partial charge in [0.2, 0.25) is 5.75 Å². The average Bonchev–Trinajstić information content (AvgIpc) is 3.58. The lowest BCUT2D eigenvalue weighted by Crippen LogP contribution is -2.30. The van der Waals surface area contributed by atoms with E-state index in [4.69, 9.17) is 19.2 Å². The van der Waals surface area contributed by atoms with Crippen molar-refractivity contribution in [3.05, 3.63) is 66.3 Å². The largest absolute Gasteiger partial charge is 0.493 e. The summed E-state index contributed by atoms with van der Waals surface area (Å²) in [6, 6.07) is 9.86. The number of rotatable bonds is 11. The highest BCUT2D eigenvalue weighted by Crippen LogP contribution is 2.38. The normalized spacial score (nSPS) is 10.9. The number of aromatic nitrogens is 3. The van der Waals surface area contributed by atoms with Crippen LogP contribution >= 0.6 is 23.7 Å². The van der Waals surface area contributed by atoms with E-state index in [0.717, 1.165) is 35.2 Å². The van der Waals surface area contributed by atoms with Crippen molar-refractivity contribution in [3.63, 3.8) is 0 Å². The molecule has 2 aromatic carbocycles. The lowest BCUT2D eigenvalue weighted by Gasteiger charge is -2.18. The number of halogens is 1. The molecule has 10 heteroatoms. The zero-order valence-corrected chi connectivity index (χ0v) is 23.0. The third-order valence-corrected chi connectivity index (χ3v) is 6.85. The van der Waals surface area contributed by atoms with Crippen LogP contribution in [0.1, 0.15) is 24.5 Å². The van der Waals surface area contributed by atoms with Gasteiger partial charge in [-0.05, 0) is 54.3 Å². The summed E-state index contributed by atoms with van der Waals surface area (Å²) in [5.41, 5.74) is 2.90. The third kappa shape index (κ3) is 6.61. The number of nitrogens with zero attached hydrogens (tertiary/aromatic N) is 4. The van der Waals surface area contributed by atoms with Crippen LogP contribution in [0.3, 0.4) is 0 Å². The van der Waals surface area contributed by atoms with E-state index in [1.807, 2.05) is 16.8 Å². The van der Waals surface area contributed by atoms with Gasteiger partial charge in [0.25, 0.3) is 5.91 Å². The quantitative estimate of drug-likeness (QED) is 0.228. The van der Waals surface area contributed by atoms with Crippen molar-refractivity contribution in [2.75, 3.05) is 32.8 Å². The van der Waals surface area contributed by atoms with Gasteiger partial charge in [-0.15, -0.1) is 12.4 Å². The van der Waals surface area contributed by atoms with Crippen molar-refractivity contribution in [2.45, 2.75) is 26.3 Å². The minimum Gasteiger partial charge on any atom is -0.493 e. The fourth-order valence-corrected chi connectivity index (χ4v) is 4.94. The van der Waals surface area contributed by atoms with Crippen LogP contribution < -0.4 is 19.1 Å². The first kappa shape index (κ1) is 28.0. The van der Waals surface area contributed by atoms with E-state index in [0.29, 0.717) is 28.9 Å². The molecule has 2 heterocycles. The summed E-state index contributed by atoms with van der Waals surface area (Å²) in [6.45, 7) is 3.41. The Kier molecular flexibility index (Phi) is 9.93. The molecule has 0 radical (unpaired) electrons. The van der Waals surface area contributed by atoms with Gasteiger partial charge in [-0.1, -0.05) is 24.3 Å². The number of carbonyl (C=O) groups is 1. The van der Waals surface area contributed by atoms with Crippen molar-refractivity contribution in [1.82, 2.24) is 14.5 Å². The summed E-state index contributed by atoms with van der Waals surface area (Å²) in [5, 5.41) is 0.684. The molecule has 0 atom stereocenters. The van der Waals surface area contributed by atoms with Crippen molar-refractivity contribution in [3.8, 4) is 17.2 Å². The fourth-order valence-electron chi connectivity index (χ4n) is 3.88. The molecular weight excluding hydrogens is 512 g/mol. The molecule has 2 aromatic heterocycles. The number of amides is 1. The summed E-state index contributed by atoms with van der Waals surface area (Å²) in [4.78, 5) is 24.0. The van der Waals surface area contributed by atoms with E-state index in [2.05, 4.69) is 24.0 Å². The van der Waals surface area contributed by atoms with E-state index >= 15 is 0 Å². The van der Waals surface area contributed by atoms with Gasteiger partial charge < -0.3 is 18.8 Å². The van der Waals surface area contributed by atoms with Gasteiger partial charge in [0.05, 0.1) is 37.9 Å². The van der Waals surface area contributed by atoms with E-state index in [-0.39, 0.29) is 18.3 Å². The molecule has 0 saturated heterocycles. The molecule has 0 N–H and O–H groups in total. The van der Waals surface area contributed by atoms with Gasteiger partial charge in [0.15, 0.2) is 16.6 Å². The third-order valence-electron chi connectivity index (χ3n) is 5.81. The molecule has 0 unspecified atom stereocenters. The number of benzene rings is 2. The van der Waals surface area contributed by atoms with E-state index in [1.54, 1.807) is 63.0 Å². The Morgan fingerprint density at radius 1 is 1.11 bits per heavy atom. The van der Waals surface area contributed by atoms with Gasteiger partial charge in [0, 0.05) is 31.6 Å². The van der Waals surface area contributed by atoms with Crippen LogP contribution in [-0.4, -0.2) is 48.3 Å². The SMILES string of the molecule is CCc1ccc2nc(N(CCCn3ccnc3)C(=O)/C=C/c3cc(OC)c(OC)c(OC)c3)sc2c1.Cl. The maximum atomic E-state index is 13.4. The monoisotopic (exact) mass is 542 g/mol. The molecule has 196 valence electrons. The molecule has 4 rings (SSSR count). The molecular formula is C27H31ClN4O4S. The number of thiazole rings is 1. The second-order valence-electron chi connectivity index (χ2n) is 8.09. The first-order chi connectivity index (χ1) is 17.6. The van der Waals surface area contributed by atoms with Gasteiger partial charge >= 0.3 is 0 Å². The lowest BCUT2D eigenvalue weighted by atomic mass is 10.1. The van der Waals surface area contributed by atoms with Crippen LogP contribution in [0.5, 0.6) is 17.2 Å². The van der Waals surface area contributed by atoms with Crippen LogP contribution in [0.15, 0.2) is 55.1 Å². The highest BCUT2D eigenvalue weighted by atomic mass is 35.5. The minimum absolute atomic E-state index is 0. The summed E-state index contributed by atoms with van der Waals surface area (Å²) in [6.07, 6.45) is 10.5. The maximum Gasteiger partial charge on any atom is 0.252 e. The van der Waals surface area contributed by atoms with Gasteiger partial charge in [-0.3, -0.25) is 9.69 Å². The zero-order chi connectivity index (χ0) is 25.5. The maximum absolute atomic E-state index is 13.4. The van der Waals surface area contributed by atoms with Gasteiger partial charge in [-0.2, -0.15) is 0 Å². The molecule has 0 spiro atoms. The number of carbonyl (C=O) groups excluding carboxylic acids is 1. The average molecular weight is 543 g/mol. The van der Waals surface area contributed by atoms with Crippen LogP contribution in [0, 0.1) is 0 Å². The van der Waals surface area contributed by atoms with Crippen molar-refractivity contribution in [2.24, 2.45) is 0 Å². The highest BCUT2D eigenvalue weighted by molar-refractivity contribution is 7.22. The van der Waals surface area contributed by atoms with Gasteiger partial charge in [0.1, 0.15) is 0 Å². The minimum atomic E-state index is -0.149. The molecule has 0 fully saturated rings. The Labute approximate surface area is 226 Å². The molecule has 0 saturated carbocycles. The predicted octanol–water partition coefficient (Wildman–Crippen LogP) is 5.64. The number of aryl methyl sites for hydroxylation is 2. The Morgan fingerprint density at radius 2 is 1.86 bits per heavy atom. The zero-order valence-electron chi connectivity index (χ0n) is 21.3. The van der Waals surface area contributed by atoms with Crippen LogP contribution in [0.4, 0.5) is 5.13 Å². The van der Waals surface area contributed by atoms with Crippen LogP contribution in [0.25, 0.3) is 16.3 Å². The predicted molar refractivity (Wildman–Crippen MR) is 151 cm³/mol. The molecule has 4 aromatic rings. The number of anilines is 1. The summed E-state index contributed by atoms with van der Waals surface area (Å²) in [5.74, 6) is 1.41. The first-order valence-corrected chi connectivity index (χ1v) is 12.5. The van der Waals surface area contributed by atoms with Crippen molar-refractivity contribution >= 4 is 51.1 Å². The second-order valence-corrected chi connectivity index (χ2v) is 9.10. The number of methoxy groups -OCH3 is 3. The van der Waals surface area contributed by atoms with Crippen LogP contribution in [-0.2, 0) is 17.8 Å². The van der Waals surface area contributed by atoms with E-state index in [1.165, 1.54) is 16.9 Å². The molecule has 37 heavy (non-hydrogen) atoms. The number of hydrogen-bond acceptors (Lipinski definition) is 7. The highest BCUT2D eigenvalue weighted by Gasteiger charge is 2.18. The molecule has 1 amide bonds. The van der Waals surface area contributed by atoms with E-state index < -0.39 is 0 Å². The molecule has 0 aliphatic carbocycles. The summed E-state index contributed by atoms with van der Waals surface area (Å²) < 4.78 is 19.3. The Morgan fingerprint density at radius 3 is 2.49 bits per heavy atom. The van der Waals surface area contributed by atoms with Crippen molar-refractivity contribution < 1.29 is 19.0 Å². The topological polar surface area (TPSA) is 78.7 Å². The molecule has 0 aliphatic heterocycles. The number of imidazole rings is 1. The second kappa shape index (κ2) is 13.1. The van der Waals surface area contributed by atoms with E-state index in [9.17, 15) is 4.79 Å². The number of fused-ring (bicyclic) bond motifs is 1. The summed E-state index contributed by atoms with van der Waals surface area (Å²) >= 11 is 1.53.